The first-order valence-corrected chi connectivity index (χ1v) is 10.7. The Morgan fingerprint density at radius 1 is 0.912 bits per heavy atom. The average Bonchev–Trinajstić information content (AvgIpc) is 3.13. The normalized spacial score (nSPS) is 13.6. The molecule has 34 heavy (non-hydrogen) atoms. The van der Waals surface area contributed by atoms with E-state index in [2.05, 4.69) is 5.32 Å². The first kappa shape index (κ1) is 23.4. The molecule has 0 aromatic heterocycles. The van der Waals surface area contributed by atoms with Crippen molar-refractivity contribution in [3.8, 4) is 11.1 Å². The van der Waals surface area contributed by atoms with Crippen LogP contribution in [0.3, 0.4) is 0 Å². The fourth-order valence-corrected chi connectivity index (χ4v) is 4.21. The lowest BCUT2D eigenvalue weighted by molar-refractivity contribution is -0.139. The summed E-state index contributed by atoms with van der Waals surface area (Å²) >= 11 is 0. The number of alkyl halides is 3. The number of hydrogen-bond donors (Lipinski definition) is 2. The Kier molecular flexibility index (Phi) is 6.58. The molecule has 0 spiro atoms. The number of carbonyl (C=O) groups is 2. The van der Waals surface area contributed by atoms with E-state index in [1.54, 1.807) is 0 Å². The van der Waals surface area contributed by atoms with Crippen LogP contribution in [-0.2, 0) is 22.1 Å². The lowest BCUT2D eigenvalue weighted by Crippen LogP contribution is -2.41. The molecule has 1 unspecified atom stereocenters. The number of carboxylic acid groups (broad SMARTS) is 1. The summed E-state index contributed by atoms with van der Waals surface area (Å²) in [6.45, 7) is 0.0467. The van der Waals surface area contributed by atoms with Gasteiger partial charge < -0.3 is 15.2 Å². The van der Waals surface area contributed by atoms with Gasteiger partial charge in [-0.2, -0.15) is 13.2 Å². The lowest BCUT2D eigenvalue weighted by atomic mass is 9.98. The summed E-state index contributed by atoms with van der Waals surface area (Å²) in [4.78, 5) is 24.0. The van der Waals surface area contributed by atoms with E-state index in [-0.39, 0.29) is 25.4 Å². The number of amides is 1. The van der Waals surface area contributed by atoms with Gasteiger partial charge in [0.1, 0.15) is 12.6 Å². The molecule has 0 saturated heterocycles. The van der Waals surface area contributed by atoms with E-state index in [1.807, 2.05) is 48.5 Å². The number of ether oxygens (including phenoxy) is 1. The predicted molar refractivity (Wildman–Crippen MR) is 119 cm³/mol. The SMILES string of the molecule is O=C(NC(CCc1ccc(C(F)(F)F)cc1)C(=O)O)OCC1c2ccccc2-c2ccccc21. The van der Waals surface area contributed by atoms with Crippen LogP contribution in [0.15, 0.2) is 72.8 Å². The summed E-state index contributed by atoms with van der Waals surface area (Å²) in [5.74, 6) is -1.41. The maximum absolute atomic E-state index is 12.7. The number of carboxylic acids is 1. The first-order valence-electron chi connectivity index (χ1n) is 10.7. The second-order valence-electron chi connectivity index (χ2n) is 8.09. The maximum Gasteiger partial charge on any atom is 0.416 e. The smallest absolute Gasteiger partial charge is 0.416 e. The van der Waals surface area contributed by atoms with Gasteiger partial charge in [0.15, 0.2) is 0 Å². The number of rotatable bonds is 7. The van der Waals surface area contributed by atoms with Crippen LogP contribution in [0.1, 0.15) is 34.6 Å². The van der Waals surface area contributed by atoms with Crippen LogP contribution in [0.4, 0.5) is 18.0 Å². The Labute approximate surface area is 194 Å². The summed E-state index contributed by atoms with van der Waals surface area (Å²) < 4.78 is 43.5. The van der Waals surface area contributed by atoms with Crippen LogP contribution in [0.2, 0.25) is 0 Å². The Balaban J connectivity index is 1.35. The number of benzene rings is 3. The third-order valence-corrected chi connectivity index (χ3v) is 5.94. The highest BCUT2D eigenvalue weighted by Gasteiger charge is 2.31. The van der Waals surface area contributed by atoms with Crippen LogP contribution in [-0.4, -0.2) is 29.8 Å². The molecule has 3 aromatic rings. The summed E-state index contributed by atoms with van der Waals surface area (Å²) in [6, 6.07) is 19.0. The fraction of sp³-hybridized carbons (Fsp3) is 0.231. The Morgan fingerprint density at radius 2 is 1.47 bits per heavy atom. The number of aryl methyl sites for hydroxylation is 1. The summed E-state index contributed by atoms with van der Waals surface area (Å²) in [5, 5.41) is 11.8. The highest BCUT2D eigenvalue weighted by Crippen LogP contribution is 2.44. The number of alkyl carbamates (subject to hydrolysis) is 1. The molecule has 1 aliphatic carbocycles. The van der Waals surface area contributed by atoms with Crippen molar-refractivity contribution in [1.82, 2.24) is 5.32 Å². The van der Waals surface area contributed by atoms with E-state index in [4.69, 9.17) is 4.74 Å². The topological polar surface area (TPSA) is 75.6 Å². The average molecular weight is 469 g/mol. The van der Waals surface area contributed by atoms with Crippen molar-refractivity contribution < 1.29 is 32.6 Å². The number of nitrogens with one attached hydrogen (secondary N) is 1. The summed E-state index contributed by atoms with van der Waals surface area (Å²) in [7, 11) is 0. The molecule has 4 rings (SSSR count). The molecule has 3 aromatic carbocycles. The molecular formula is C26H22F3NO4. The number of carbonyl (C=O) groups excluding carboxylic acids is 1. The van der Waals surface area contributed by atoms with E-state index in [0.717, 1.165) is 34.4 Å². The van der Waals surface area contributed by atoms with Gasteiger partial charge in [-0.15, -0.1) is 0 Å². The largest absolute Gasteiger partial charge is 0.480 e. The number of halogens is 3. The molecule has 1 aliphatic rings. The molecule has 2 N–H and O–H groups in total. The van der Waals surface area contributed by atoms with Crippen molar-refractivity contribution in [2.24, 2.45) is 0 Å². The highest BCUT2D eigenvalue weighted by atomic mass is 19.4. The minimum atomic E-state index is -4.44. The van der Waals surface area contributed by atoms with Crippen LogP contribution in [0.25, 0.3) is 11.1 Å². The summed E-state index contributed by atoms with van der Waals surface area (Å²) in [5.41, 5.74) is 3.98. The zero-order chi connectivity index (χ0) is 24.3. The maximum atomic E-state index is 12.7. The molecule has 0 radical (unpaired) electrons. The molecule has 0 saturated carbocycles. The fourth-order valence-electron chi connectivity index (χ4n) is 4.21. The third-order valence-electron chi connectivity index (χ3n) is 5.94. The van der Waals surface area contributed by atoms with Crippen molar-refractivity contribution in [2.75, 3.05) is 6.61 Å². The molecule has 8 heteroatoms. The van der Waals surface area contributed by atoms with Crippen molar-refractivity contribution >= 4 is 12.1 Å². The van der Waals surface area contributed by atoms with Gasteiger partial charge in [-0.1, -0.05) is 60.7 Å². The highest BCUT2D eigenvalue weighted by molar-refractivity contribution is 5.81. The summed E-state index contributed by atoms with van der Waals surface area (Å²) in [6.07, 6.45) is -5.11. The zero-order valence-corrected chi connectivity index (χ0v) is 18.0. The van der Waals surface area contributed by atoms with E-state index < -0.39 is 29.8 Å². The van der Waals surface area contributed by atoms with Crippen LogP contribution >= 0.6 is 0 Å². The van der Waals surface area contributed by atoms with E-state index in [9.17, 15) is 27.9 Å². The molecule has 1 amide bonds. The van der Waals surface area contributed by atoms with Crippen molar-refractivity contribution in [3.05, 3.63) is 95.1 Å². The quantitative estimate of drug-likeness (QED) is 0.470. The molecule has 0 bridgehead atoms. The van der Waals surface area contributed by atoms with E-state index >= 15 is 0 Å². The first-order chi connectivity index (χ1) is 16.2. The minimum Gasteiger partial charge on any atom is -0.480 e. The van der Waals surface area contributed by atoms with Gasteiger partial charge in [0.2, 0.25) is 0 Å². The van der Waals surface area contributed by atoms with Crippen LogP contribution in [0, 0.1) is 0 Å². The second kappa shape index (κ2) is 9.59. The van der Waals surface area contributed by atoms with Crippen molar-refractivity contribution in [2.45, 2.75) is 31.0 Å². The Hall–Kier alpha value is -3.81. The van der Waals surface area contributed by atoms with Crippen LogP contribution < -0.4 is 5.32 Å². The third kappa shape index (κ3) is 5.06. The second-order valence-corrected chi connectivity index (χ2v) is 8.09. The van der Waals surface area contributed by atoms with E-state index in [1.165, 1.54) is 12.1 Å². The Morgan fingerprint density at radius 3 is 2.00 bits per heavy atom. The van der Waals surface area contributed by atoms with Gasteiger partial charge in [0, 0.05) is 5.92 Å². The zero-order valence-electron chi connectivity index (χ0n) is 18.0. The molecule has 176 valence electrons. The number of hydrogen-bond acceptors (Lipinski definition) is 3. The van der Waals surface area contributed by atoms with Gasteiger partial charge in [0.25, 0.3) is 0 Å². The van der Waals surface area contributed by atoms with Crippen molar-refractivity contribution in [1.29, 1.82) is 0 Å². The van der Waals surface area contributed by atoms with Gasteiger partial charge in [-0.25, -0.2) is 9.59 Å². The molecule has 0 heterocycles. The van der Waals surface area contributed by atoms with Crippen molar-refractivity contribution in [3.63, 3.8) is 0 Å². The minimum absolute atomic E-state index is 0.00485. The van der Waals surface area contributed by atoms with E-state index in [0.29, 0.717) is 5.56 Å². The van der Waals surface area contributed by atoms with Gasteiger partial charge in [0.05, 0.1) is 5.56 Å². The monoisotopic (exact) mass is 469 g/mol. The molecule has 0 fully saturated rings. The van der Waals surface area contributed by atoms with Gasteiger partial charge in [-0.3, -0.25) is 0 Å². The Bertz CT molecular complexity index is 1150. The van der Waals surface area contributed by atoms with Gasteiger partial charge >= 0.3 is 18.2 Å². The molecular weight excluding hydrogens is 447 g/mol. The van der Waals surface area contributed by atoms with Crippen LogP contribution in [0.5, 0.6) is 0 Å². The van der Waals surface area contributed by atoms with Gasteiger partial charge in [-0.05, 0) is 52.8 Å². The number of aliphatic carboxylic acids is 1. The molecule has 0 aliphatic heterocycles. The molecule has 5 nitrogen and oxygen atoms in total. The molecule has 1 atom stereocenters. The standard InChI is InChI=1S/C26H22F3NO4/c27-26(28,29)17-12-9-16(10-13-17)11-14-23(24(31)32)30-25(33)34-15-22-20-7-3-1-5-18(20)19-6-2-4-8-21(19)22/h1-10,12-13,22-23H,11,14-15H2,(H,30,33)(H,31,32). The lowest BCUT2D eigenvalue weighted by Gasteiger charge is -2.17. The number of fused-ring (bicyclic) bond motifs is 3. The predicted octanol–water partition coefficient (Wildman–Crippen LogP) is 5.63.